The van der Waals surface area contributed by atoms with Crippen molar-refractivity contribution in [3.63, 3.8) is 0 Å². The average Bonchev–Trinajstić information content (AvgIpc) is 3.39. The van der Waals surface area contributed by atoms with Gasteiger partial charge in [-0.15, -0.1) is 0 Å². The third kappa shape index (κ3) is 6.12. The van der Waals surface area contributed by atoms with E-state index in [9.17, 15) is 14.4 Å². The molecule has 0 atom stereocenters. The molecule has 2 aromatic heterocycles. The van der Waals surface area contributed by atoms with E-state index in [0.29, 0.717) is 10.9 Å². The molecule has 4 aromatic rings. The van der Waals surface area contributed by atoms with E-state index in [-0.39, 0.29) is 46.8 Å². The van der Waals surface area contributed by atoms with E-state index < -0.39 is 23.4 Å². The van der Waals surface area contributed by atoms with Crippen LogP contribution >= 0.6 is 12.1 Å². The van der Waals surface area contributed by atoms with Crippen LogP contribution in [-0.4, -0.2) is 43.2 Å². The van der Waals surface area contributed by atoms with Crippen LogP contribution in [0.15, 0.2) is 62.5 Å². The zero-order valence-corrected chi connectivity index (χ0v) is 21.5. The standard InChI is InChI=1S/C25H24FN5O6S/c1-27-38-30-19-6-4-5-14(23(19)26)11-18-17(13-22(32)28-21-9-10-35-29-21)16-8-7-15(36-25(34)31(2)3)12-20(16)37-24(18)33/h4-10,12,27,30H,11,13H2,1-3H3,(H,28,29,32). The third-order valence-corrected chi connectivity index (χ3v) is 5.94. The second-order valence-electron chi connectivity index (χ2n) is 8.24. The smallest absolute Gasteiger partial charge is 0.414 e. The molecule has 3 N–H and O–H groups in total. The lowest BCUT2D eigenvalue weighted by atomic mass is 9.95. The van der Waals surface area contributed by atoms with E-state index in [2.05, 4.69) is 19.9 Å². The number of carbonyl (C=O) groups is 2. The molecule has 0 aliphatic heterocycles. The minimum atomic E-state index is -0.750. The van der Waals surface area contributed by atoms with Gasteiger partial charge in [-0.1, -0.05) is 17.3 Å². The number of amides is 2. The summed E-state index contributed by atoms with van der Waals surface area (Å²) in [6.07, 6.45) is 0.320. The molecule has 2 amide bonds. The number of hydrogen-bond donors (Lipinski definition) is 3. The number of aromatic nitrogens is 1. The van der Waals surface area contributed by atoms with Crippen molar-refractivity contribution in [1.29, 1.82) is 0 Å². The molecule has 2 aromatic carbocycles. The Kier molecular flexibility index (Phi) is 8.28. The van der Waals surface area contributed by atoms with Crippen LogP contribution in [0, 0.1) is 5.82 Å². The highest BCUT2D eigenvalue weighted by Crippen LogP contribution is 2.29. The molecule has 0 unspecified atom stereocenters. The minimum Gasteiger partial charge on any atom is -0.422 e. The van der Waals surface area contributed by atoms with Gasteiger partial charge in [0, 0.05) is 55.7 Å². The zero-order valence-electron chi connectivity index (χ0n) is 20.7. The van der Waals surface area contributed by atoms with Crippen LogP contribution in [0.1, 0.15) is 16.7 Å². The summed E-state index contributed by atoms with van der Waals surface area (Å²) in [5, 5.41) is 6.69. The molecule has 11 nitrogen and oxygen atoms in total. The highest BCUT2D eigenvalue weighted by molar-refractivity contribution is 7.98. The first-order valence-electron chi connectivity index (χ1n) is 11.3. The first kappa shape index (κ1) is 26.7. The number of halogens is 1. The first-order chi connectivity index (χ1) is 18.3. The Bertz CT molecular complexity index is 1520. The molecule has 0 radical (unpaired) electrons. The number of anilines is 2. The number of benzene rings is 2. The summed E-state index contributed by atoms with van der Waals surface area (Å²) in [6, 6.07) is 10.7. The maximum atomic E-state index is 15.2. The molecule has 198 valence electrons. The molecule has 0 aliphatic carbocycles. The number of ether oxygens (including phenoxy) is 1. The van der Waals surface area contributed by atoms with E-state index >= 15 is 4.39 Å². The summed E-state index contributed by atoms with van der Waals surface area (Å²) in [4.78, 5) is 39.3. The fourth-order valence-corrected chi connectivity index (χ4v) is 4.01. The average molecular weight is 542 g/mol. The van der Waals surface area contributed by atoms with Crippen LogP contribution in [0.25, 0.3) is 11.0 Å². The molecule has 0 saturated heterocycles. The molecule has 38 heavy (non-hydrogen) atoms. The van der Waals surface area contributed by atoms with Crippen molar-refractivity contribution in [2.45, 2.75) is 12.8 Å². The van der Waals surface area contributed by atoms with Crippen LogP contribution in [0.3, 0.4) is 0 Å². The van der Waals surface area contributed by atoms with Crippen LogP contribution in [0.2, 0.25) is 0 Å². The summed E-state index contributed by atoms with van der Waals surface area (Å²) >= 11 is 1.09. The summed E-state index contributed by atoms with van der Waals surface area (Å²) < 4.78 is 36.4. The van der Waals surface area contributed by atoms with Crippen LogP contribution in [0.5, 0.6) is 5.75 Å². The fraction of sp³-hybridized carbons (Fsp3) is 0.200. The quantitative estimate of drug-likeness (QED) is 0.211. The lowest BCUT2D eigenvalue weighted by molar-refractivity contribution is -0.115. The van der Waals surface area contributed by atoms with Crippen LogP contribution in [-0.2, 0) is 17.6 Å². The van der Waals surface area contributed by atoms with Gasteiger partial charge in [0.15, 0.2) is 11.6 Å². The Balaban J connectivity index is 1.77. The van der Waals surface area contributed by atoms with Gasteiger partial charge in [-0.25, -0.2) is 18.7 Å². The molecule has 13 heteroatoms. The van der Waals surface area contributed by atoms with Gasteiger partial charge < -0.3 is 28.6 Å². The number of nitrogens with one attached hydrogen (secondary N) is 3. The van der Waals surface area contributed by atoms with Crippen molar-refractivity contribution in [1.82, 2.24) is 14.8 Å². The number of nitrogens with zero attached hydrogens (tertiary/aromatic N) is 2. The maximum absolute atomic E-state index is 15.2. The van der Waals surface area contributed by atoms with Crippen molar-refractivity contribution in [3.05, 3.63) is 81.7 Å². The van der Waals surface area contributed by atoms with Gasteiger partial charge in [0.1, 0.15) is 17.6 Å². The van der Waals surface area contributed by atoms with Crippen LogP contribution < -0.4 is 25.1 Å². The van der Waals surface area contributed by atoms with Gasteiger partial charge in [0.05, 0.1) is 12.1 Å². The molecule has 4 rings (SSSR count). The van der Waals surface area contributed by atoms with Crippen molar-refractivity contribution in [3.8, 4) is 5.75 Å². The van der Waals surface area contributed by atoms with Crippen molar-refractivity contribution >= 4 is 46.6 Å². The number of hydrogen-bond acceptors (Lipinski definition) is 10. The highest BCUT2D eigenvalue weighted by Gasteiger charge is 2.21. The summed E-state index contributed by atoms with van der Waals surface area (Å²) in [7, 11) is 4.74. The summed E-state index contributed by atoms with van der Waals surface area (Å²) in [6.45, 7) is 0. The van der Waals surface area contributed by atoms with Gasteiger partial charge >= 0.3 is 11.7 Å². The van der Waals surface area contributed by atoms with E-state index in [0.717, 1.165) is 12.1 Å². The Hall–Kier alpha value is -4.36. The molecular weight excluding hydrogens is 517 g/mol. The molecule has 0 spiro atoms. The Morgan fingerprint density at radius 1 is 1.16 bits per heavy atom. The topological polar surface area (TPSA) is 139 Å². The summed E-state index contributed by atoms with van der Waals surface area (Å²) in [5.41, 5.74) is 0.263. The normalized spacial score (nSPS) is 10.8. The van der Waals surface area contributed by atoms with Gasteiger partial charge in [0.2, 0.25) is 5.91 Å². The van der Waals surface area contributed by atoms with Crippen molar-refractivity contribution in [2.24, 2.45) is 0 Å². The highest BCUT2D eigenvalue weighted by atomic mass is 32.2. The number of carbonyl (C=O) groups excluding carboxylic acids is 2. The molecule has 0 aliphatic rings. The largest absolute Gasteiger partial charge is 0.422 e. The predicted molar refractivity (Wildman–Crippen MR) is 141 cm³/mol. The third-order valence-electron chi connectivity index (χ3n) is 5.41. The van der Waals surface area contributed by atoms with Crippen molar-refractivity contribution in [2.75, 3.05) is 31.2 Å². The first-order valence-corrected chi connectivity index (χ1v) is 12.1. The monoisotopic (exact) mass is 541 g/mol. The van der Waals surface area contributed by atoms with Gasteiger partial charge in [-0.3, -0.25) is 4.79 Å². The van der Waals surface area contributed by atoms with E-state index in [1.54, 1.807) is 31.3 Å². The fourth-order valence-electron chi connectivity index (χ4n) is 3.64. The second kappa shape index (κ2) is 11.8. The predicted octanol–water partition coefficient (Wildman–Crippen LogP) is 3.95. The summed E-state index contributed by atoms with van der Waals surface area (Å²) in [5.74, 6) is -0.666. The van der Waals surface area contributed by atoms with Gasteiger partial charge in [0.25, 0.3) is 0 Å². The zero-order chi connectivity index (χ0) is 27.2. The molecular formula is C25H24FN5O6S. The van der Waals surface area contributed by atoms with E-state index in [4.69, 9.17) is 13.7 Å². The Labute approximate surface area is 220 Å². The number of rotatable bonds is 9. The second-order valence-corrected chi connectivity index (χ2v) is 9.06. The van der Waals surface area contributed by atoms with Gasteiger partial charge in [-0.2, -0.15) is 0 Å². The van der Waals surface area contributed by atoms with Crippen LogP contribution in [0.4, 0.5) is 20.7 Å². The van der Waals surface area contributed by atoms with Gasteiger partial charge in [-0.05, 0) is 36.4 Å². The molecule has 2 heterocycles. The Morgan fingerprint density at radius 3 is 2.68 bits per heavy atom. The van der Waals surface area contributed by atoms with E-state index in [1.165, 1.54) is 43.5 Å². The molecule has 0 saturated carbocycles. The number of fused-ring (bicyclic) bond motifs is 1. The van der Waals surface area contributed by atoms with Crippen molar-refractivity contribution < 1.29 is 27.7 Å². The maximum Gasteiger partial charge on any atom is 0.414 e. The SMILES string of the molecule is CNSNc1cccc(Cc2c(CC(=O)Nc3ccon3)c3ccc(OC(=O)N(C)C)cc3oc2=O)c1F. The van der Waals surface area contributed by atoms with E-state index in [1.807, 2.05) is 0 Å². The lowest BCUT2D eigenvalue weighted by Gasteiger charge is -2.15. The Morgan fingerprint density at radius 2 is 1.97 bits per heavy atom. The minimum absolute atomic E-state index is 0.105. The molecule has 0 fully saturated rings. The lowest BCUT2D eigenvalue weighted by Crippen LogP contribution is -2.25. The molecule has 0 bridgehead atoms.